The van der Waals surface area contributed by atoms with E-state index in [1.165, 1.54) is 128 Å². The van der Waals surface area contributed by atoms with Gasteiger partial charge in [0.25, 0.3) is 0 Å². The smallest absolute Gasteiger partial charge is 0.243 e. The molecule has 2 amide bonds. The molecule has 0 atom stereocenters. The molecule has 6 heteroatoms. The summed E-state index contributed by atoms with van der Waals surface area (Å²) in [5.41, 5.74) is 0. The van der Waals surface area contributed by atoms with E-state index in [1.54, 1.807) is 0 Å². The Hall–Kier alpha value is -1.66. The van der Waals surface area contributed by atoms with E-state index in [1.807, 2.05) is 0 Å². The molecule has 0 radical (unpaired) electrons. The largest absolute Gasteiger partial charge is 0.353 e. The first kappa shape index (κ1) is 41.5. The topological polar surface area (TPSA) is 64.7 Å². The highest BCUT2D eigenvalue weighted by Crippen LogP contribution is 2.07. The third-order valence-electron chi connectivity index (χ3n) is 7.36. The van der Waals surface area contributed by atoms with Gasteiger partial charge in [-0.3, -0.25) is 9.59 Å². The lowest BCUT2D eigenvalue weighted by molar-refractivity contribution is -0.117. The second-order valence-electron chi connectivity index (χ2n) is 11.3. The van der Waals surface area contributed by atoms with Gasteiger partial charge in [-0.05, 0) is 77.0 Å². The Balaban J connectivity index is 0. The molecule has 0 aliphatic rings. The van der Waals surface area contributed by atoms with Crippen molar-refractivity contribution >= 4 is 11.8 Å². The van der Waals surface area contributed by atoms with Crippen LogP contribution in [0.25, 0.3) is 0 Å². The SMILES string of the molecule is C=CC(=O)NCCCN(CCCCCC)CCCCCC.C=CC(=O)NCCN(CCCCCC)CCCCCC. The summed E-state index contributed by atoms with van der Waals surface area (Å²) in [5.74, 6) is -0.130. The first-order valence-corrected chi connectivity index (χ1v) is 17.2. The predicted molar refractivity (Wildman–Crippen MR) is 180 cm³/mol. The Morgan fingerprint density at radius 3 is 1.12 bits per heavy atom. The minimum atomic E-state index is -0.0677. The van der Waals surface area contributed by atoms with Crippen LogP contribution < -0.4 is 10.6 Å². The van der Waals surface area contributed by atoms with E-state index >= 15 is 0 Å². The van der Waals surface area contributed by atoms with Crippen molar-refractivity contribution in [3.63, 3.8) is 0 Å². The van der Waals surface area contributed by atoms with Crippen LogP contribution in [0, 0.1) is 0 Å². The molecule has 0 aromatic heterocycles. The zero-order valence-corrected chi connectivity index (χ0v) is 28.0. The molecule has 0 aromatic carbocycles. The van der Waals surface area contributed by atoms with Gasteiger partial charge in [0.2, 0.25) is 11.8 Å². The quantitative estimate of drug-likeness (QED) is 0.0700. The van der Waals surface area contributed by atoms with Crippen LogP contribution in [0.2, 0.25) is 0 Å². The maximum atomic E-state index is 11.1. The fourth-order valence-corrected chi connectivity index (χ4v) is 4.72. The summed E-state index contributed by atoms with van der Waals surface area (Å²) in [6.45, 7) is 24.2. The highest BCUT2D eigenvalue weighted by molar-refractivity contribution is 5.87. The fourth-order valence-electron chi connectivity index (χ4n) is 4.72. The van der Waals surface area contributed by atoms with Crippen LogP contribution in [0.3, 0.4) is 0 Å². The maximum Gasteiger partial charge on any atom is 0.243 e. The van der Waals surface area contributed by atoms with Gasteiger partial charge in [0.15, 0.2) is 0 Å². The van der Waals surface area contributed by atoms with Crippen LogP contribution in [-0.4, -0.2) is 74.0 Å². The maximum absolute atomic E-state index is 11.1. The number of carbonyl (C=O) groups excluding carboxylic acids is 2. The lowest BCUT2D eigenvalue weighted by atomic mass is 10.1. The standard InChI is InChI=1S/C18H36N2O.C17H34N2O/c1-4-7-9-11-15-20(16-12-10-8-5-2)17-13-14-19-18(21)6-3;1-4-7-9-11-14-19(15-12-10-8-5-2)16-13-18-17(20)6-3/h6H,3-5,7-17H2,1-2H3,(H,19,21);6H,3-5,7-16H2,1-2H3,(H,18,20). The normalized spacial score (nSPS) is 10.8. The first-order chi connectivity index (χ1) is 20.0. The van der Waals surface area contributed by atoms with Crippen LogP contribution in [0.15, 0.2) is 25.3 Å². The van der Waals surface area contributed by atoms with E-state index in [4.69, 9.17) is 0 Å². The third-order valence-corrected chi connectivity index (χ3v) is 7.36. The van der Waals surface area contributed by atoms with Gasteiger partial charge >= 0.3 is 0 Å². The van der Waals surface area contributed by atoms with Gasteiger partial charge < -0.3 is 20.4 Å². The third kappa shape index (κ3) is 32.7. The molecule has 41 heavy (non-hydrogen) atoms. The van der Waals surface area contributed by atoms with Crippen molar-refractivity contribution in [3.05, 3.63) is 25.3 Å². The van der Waals surface area contributed by atoms with E-state index in [9.17, 15) is 9.59 Å². The lowest BCUT2D eigenvalue weighted by Gasteiger charge is -2.22. The van der Waals surface area contributed by atoms with E-state index < -0.39 is 0 Å². The molecule has 0 spiro atoms. The summed E-state index contributed by atoms with van der Waals surface area (Å²) >= 11 is 0. The molecular weight excluding hydrogens is 508 g/mol. The van der Waals surface area contributed by atoms with Gasteiger partial charge in [0.05, 0.1) is 0 Å². The lowest BCUT2D eigenvalue weighted by Crippen LogP contribution is -2.35. The number of hydrogen-bond acceptors (Lipinski definition) is 4. The molecule has 0 rings (SSSR count). The summed E-state index contributed by atoms with van der Waals surface area (Å²) in [7, 11) is 0. The number of amides is 2. The molecule has 0 aliphatic carbocycles. The van der Waals surface area contributed by atoms with Crippen molar-refractivity contribution < 1.29 is 9.59 Å². The first-order valence-electron chi connectivity index (χ1n) is 17.2. The van der Waals surface area contributed by atoms with Crippen LogP contribution in [0.4, 0.5) is 0 Å². The van der Waals surface area contributed by atoms with Gasteiger partial charge in [-0.1, -0.05) is 118 Å². The van der Waals surface area contributed by atoms with Crippen molar-refractivity contribution in [2.45, 2.75) is 137 Å². The Labute approximate surface area is 256 Å². The van der Waals surface area contributed by atoms with Crippen LogP contribution in [0.5, 0.6) is 0 Å². The molecular formula is C35H70N4O2. The average molecular weight is 579 g/mol. The monoisotopic (exact) mass is 579 g/mol. The molecule has 0 saturated heterocycles. The second-order valence-corrected chi connectivity index (χ2v) is 11.3. The van der Waals surface area contributed by atoms with Gasteiger partial charge in [0.1, 0.15) is 0 Å². The second kappa shape index (κ2) is 34.5. The van der Waals surface area contributed by atoms with Crippen LogP contribution >= 0.6 is 0 Å². The van der Waals surface area contributed by atoms with Crippen LogP contribution in [-0.2, 0) is 9.59 Å². The molecule has 6 nitrogen and oxygen atoms in total. The van der Waals surface area contributed by atoms with E-state index in [0.29, 0.717) is 0 Å². The van der Waals surface area contributed by atoms with Crippen molar-refractivity contribution in [1.82, 2.24) is 20.4 Å². The van der Waals surface area contributed by atoms with Gasteiger partial charge in [-0.25, -0.2) is 0 Å². The number of carbonyl (C=O) groups is 2. The summed E-state index contributed by atoms with van der Waals surface area (Å²) in [6, 6.07) is 0. The highest BCUT2D eigenvalue weighted by Gasteiger charge is 2.06. The zero-order valence-electron chi connectivity index (χ0n) is 28.0. The number of rotatable bonds is 29. The van der Waals surface area contributed by atoms with Crippen molar-refractivity contribution in [2.24, 2.45) is 0 Å². The van der Waals surface area contributed by atoms with Gasteiger partial charge in [-0.2, -0.15) is 0 Å². The number of unbranched alkanes of at least 4 members (excludes halogenated alkanes) is 12. The molecule has 0 unspecified atom stereocenters. The summed E-state index contributed by atoms with van der Waals surface area (Å²) in [4.78, 5) is 27.3. The highest BCUT2D eigenvalue weighted by atomic mass is 16.2. The minimum absolute atomic E-state index is 0.0626. The van der Waals surface area contributed by atoms with E-state index in [2.05, 4.69) is 61.3 Å². The van der Waals surface area contributed by atoms with Crippen LogP contribution in [0.1, 0.15) is 137 Å². The van der Waals surface area contributed by atoms with Crippen molar-refractivity contribution in [2.75, 3.05) is 52.4 Å². The molecule has 0 bridgehead atoms. The minimum Gasteiger partial charge on any atom is -0.353 e. The number of nitrogens with zero attached hydrogens (tertiary/aromatic N) is 2. The Morgan fingerprint density at radius 2 is 0.780 bits per heavy atom. The number of hydrogen-bond donors (Lipinski definition) is 2. The Morgan fingerprint density at radius 1 is 0.463 bits per heavy atom. The van der Waals surface area contributed by atoms with Gasteiger partial charge in [0, 0.05) is 19.6 Å². The molecule has 0 saturated carbocycles. The van der Waals surface area contributed by atoms with E-state index in [0.717, 1.165) is 45.7 Å². The van der Waals surface area contributed by atoms with E-state index in [-0.39, 0.29) is 11.8 Å². The Kier molecular flexibility index (Phi) is 34.9. The predicted octanol–water partition coefficient (Wildman–Crippen LogP) is 7.89. The average Bonchev–Trinajstić information content (AvgIpc) is 2.99. The van der Waals surface area contributed by atoms with Gasteiger partial charge in [-0.15, -0.1) is 0 Å². The molecule has 0 fully saturated rings. The fraction of sp³-hybridized carbons (Fsp3) is 0.829. The molecule has 2 N–H and O–H groups in total. The summed E-state index contributed by atoms with van der Waals surface area (Å²) in [6.07, 6.45) is 24.7. The summed E-state index contributed by atoms with van der Waals surface area (Å²) in [5, 5.41) is 5.72. The molecule has 242 valence electrons. The molecule has 0 aliphatic heterocycles. The summed E-state index contributed by atoms with van der Waals surface area (Å²) < 4.78 is 0. The number of nitrogens with one attached hydrogen (secondary N) is 2. The van der Waals surface area contributed by atoms with Crippen molar-refractivity contribution in [1.29, 1.82) is 0 Å². The van der Waals surface area contributed by atoms with Crippen molar-refractivity contribution in [3.8, 4) is 0 Å². The Bertz CT molecular complexity index is 573. The molecule has 0 aromatic rings. The zero-order chi connectivity index (χ0) is 30.8. The molecule has 0 heterocycles.